The molecule has 0 aliphatic heterocycles. The quantitative estimate of drug-likeness (QED) is 0.521. The Morgan fingerprint density at radius 1 is 1.19 bits per heavy atom. The molecular formula is C16H24. The fourth-order valence-electron chi connectivity index (χ4n) is 7.19. The summed E-state index contributed by atoms with van der Waals surface area (Å²) in [6.45, 7) is 10.1. The highest BCUT2D eigenvalue weighted by Gasteiger charge is 2.93. The van der Waals surface area contributed by atoms with Crippen LogP contribution >= 0.6 is 0 Å². The minimum absolute atomic E-state index is 0.643. The van der Waals surface area contributed by atoms with E-state index in [0.29, 0.717) is 16.2 Å². The Morgan fingerprint density at radius 3 is 2.56 bits per heavy atom. The fourth-order valence-corrected chi connectivity index (χ4v) is 7.19. The monoisotopic (exact) mass is 216 g/mol. The van der Waals surface area contributed by atoms with E-state index in [9.17, 15) is 0 Å². The molecule has 3 fully saturated rings. The molecule has 0 radical (unpaired) electrons. The van der Waals surface area contributed by atoms with Gasteiger partial charge in [-0.25, -0.2) is 0 Å². The third-order valence-corrected chi connectivity index (χ3v) is 7.47. The van der Waals surface area contributed by atoms with Crippen LogP contribution in [0.4, 0.5) is 0 Å². The minimum Gasteiger partial charge on any atom is -0.0850 e. The van der Waals surface area contributed by atoms with Gasteiger partial charge in [0.25, 0.3) is 0 Å². The molecule has 0 heterocycles. The molecule has 4 aliphatic carbocycles. The van der Waals surface area contributed by atoms with Gasteiger partial charge in [-0.2, -0.15) is 0 Å². The second-order valence-corrected chi connectivity index (χ2v) is 7.89. The topological polar surface area (TPSA) is 0 Å². The van der Waals surface area contributed by atoms with Gasteiger partial charge in [0.05, 0.1) is 0 Å². The average Bonchev–Trinajstić information content (AvgIpc) is 2.53. The molecule has 4 rings (SSSR count). The first-order chi connectivity index (χ1) is 7.42. The first kappa shape index (κ1) is 9.74. The van der Waals surface area contributed by atoms with Gasteiger partial charge in [0.2, 0.25) is 0 Å². The molecule has 88 valence electrons. The van der Waals surface area contributed by atoms with Crippen molar-refractivity contribution in [3.8, 4) is 0 Å². The van der Waals surface area contributed by atoms with Crippen LogP contribution in [0.3, 0.4) is 0 Å². The van der Waals surface area contributed by atoms with E-state index in [1.165, 1.54) is 32.1 Å². The lowest BCUT2D eigenvalue weighted by Crippen LogP contribution is -2.47. The Labute approximate surface area is 99.5 Å². The van der Waals surface area contributed by atoms with Crippen LogP contribution < -0.4 is 0 Å². The molecule has 4 atom stereocenters. The zero-order valence-electron chi connectivity index (χ0n) is 11.2. The van der Waals surface area contributed by atoms with Crippen molar-refractivity contribution >= 4 is 0 Å². The largest absolute Gasteiger partial charge is 0.0850 e. The maximum Gasteiger partial charge on any atom is 0.00337 e. The normalized spacial score (nSPS) is 60.2. The predicted molar refractivity (Wildman–Crippen MR) is 67.1 cm³/mol. The van der Waals surface area contributed by atoms with Crippen LogP contribution in [-0.4, -0.2) is 0 Å². The van der Waals surface area contributed by atoms with Crippen LogP contribution in [-0.2, 0) is 0 Å². The first-order valence-electron chi connectivity index (χ1n) is 7.10. The van der Waals surface area contributed by atoms with Crippen molar-refractivity contribution in [3.05, 3.63) is 11.6 Å². The Kier molecular flexibility index (Phi) is 1.33. The second kappa shape index (κ2) is 2.18. The Bertz CT molecular complexity index is 416. The van der Waals surface area contributed by atoms with Crippen LogP contribution in [0.2, 0.25) is 0 Å². The smallest absolute Gasteiger partial charge is 0.00337 e. The number of hydrogen-bond acceptors (Lipinski definition) is 0. The van der Waals surface area contributed by atoms with Crippen molar-refractivity contribution in [1.29, 1.82) is 0 Å². The van der Waals surface area contributed by atoms with E-state index in [1.807, 2.05) is 0 Å². The van der Waals surface area contributed by atoms with Crippen molar-refractivity contribution in [2.24, 2.45) is 27.6 Å². The molecule has 0 aromatic rings. The molecule has 0 aromatic heterocycles. The highest BCUT2D eigenvalue weighted by Crippen LogP contribution is 2.99. The highest BCUT2D eigenvalue weighted by atomic mass is 15.0. The molecule has 0 unspecified atom stereocenters. The van der Waals surface area contributed by atoms with Gasteiger partial charge < -0.3 is 0 Å². The Hall–Kier alpha value is -0.260. The number of rotatable bonds is 0. The van der Waals surface area contributed by atoms with Gasteiger partial charge in [0.1, 0.15) is 0 Å². The summed E-state index contributed by atoms with van der Waals surface area (Å²) < 4.78 is 0. The van der Waals surface area contributed by atoms with Crippen LogP contribution in [0.5, 0.6) is 0 Å². The highest BCUT2D eigenvalue weighted by molar-refractivity contribution is 5.49. The maximum absolute atomic E-state index is 2.62. The number of allylic oxidation sites excluding steroid dienone is 2. The SMILES string of the molecule is CC1=CCC[C@@]2(C)[C@@]13CC[C@H]1C(C)(C)C[C@@]123. The minimum atomic E-state index is 0.643. The van der Waals surface area contributed by atoms with E-state index in [0.717, 1.165) is 11.3 Å². The molecule has 0 saturated heterocycles. The second-order valence-electron chi connectivity index (χ2n) is 7.89. The summed E-state index contributed by atoms with van der Waals surface area (Å²) in [6.07, 6.45) is 9.89. The molecule has 0 bridgehead atoms. The molecule has 4 aliphatic rings. The summed E-state index contributed by atoms with van der Waals surface area (Å²) in [5, 5.41) is 0. The van der Waals surface area contributed by atoms with Crippen LogP contribution in [0.1, 0.15) is 59.8 Å². The molecule has 16 heavy (non-hydrogen) atoms. The first-order valence-corrected chi connectivity index (χ1v) is 7.10. The van der Waals surface area contributed by atoms with Crippen LogP contribution in [0.25, 0.3) is 0 Å². The Morgan fingerprint density at radius 2 is 1.94 bits per heavy atom. The summed E-state index contributed by atoms with van der Waals surface area (Å²) in [4.78, 5) is 0. The van der Waals surface area contributed by atoms with E-state index < -0.39 is 0 Å². The summed E-state index contributed by atoms with van der Waals surface area (Å²) >= 11 is 0. The standard InChI is InChI=1S/C16H24/c1-11-6-5-8-14(4)15(11)9-7-12-13(2,3)10-16(12,14)15/h6,12H,5,7-10H2,1-4H3/t12-,14-,15+,16+/m0/s1. The zero-order chi connectivity index (χ0) is 11.4. The maximum atomic E-state index is 2.62. The van der Waals surface area contributed by atoms with Gasteiger partial charge in [-0.05, 0) is 61.2 Å². The van der Waals surface area contributed by atoms with Gasteiger partial charge >= 0.3 is 0 Å². The van der Waals surface area contributed by atoms with E-state index in [4.69, 9.17) is 0 Å². The molecule has 0 N–H and O–H groups in total. The van der Waals surface area contributed by atoms with E-state index in [1.54, 1.807) is 5.57 Å². The summed E-state index contributed by atoms with van der Waals surface area (Å²) in [6, 6.07) is 0. The van der Waals surface area contributed by atoms with Crippen molar-refractivity contribution < 1.29 is 0 Å². The molecule has 0 nitrogen and oxygen atoms in total. The molecular weight excluding hydrogens is 192 g/mol. The van der Waals surface area contributed by atoms with Gasteiger partial charge in [-0.15, -0.1) is 0 Å². The third kappa shape index (κ3) is 0.585. The summed E-state index contributed by atoms with van der Waals surface area (Å²) in [5.74, 6) is 1.03. The zero-order valence-corrected chi connectivity index (χ0v) is 11.2. The van der Waals surface area contributed by atoms with E-state index in [-0.39, 0.29) is 0 Å². The summed E-state index contributed by atoms with van der Waals surface area (Å²) in [7, 11) is 0. The third-order valence-electron chi connectivity index (χ3n) is 7.47. The predicted octanol–water partition coefficient (Wildman–Crippen LogP) is 4.56. The molecule has 0 aromatic carbocycles. The van der Waals surface area contributed by atoms with Crippen molar-refractivity contribution in [2.45, 2.75) is 59.8 Å². The van der Waals surface area contributed by atoms with E-state index in [2.05, 4.69) is 33.8 Å². The van der Waals surface area contributed by atoms with Crippen molar-refractivity contribution in [1.82, 2.24) is 0 Å². The summed E-state index contributed by atoms with van der Waals surface area (Å²) in [5.41, 5.74) is 4.51. The molecule has 0 heteroatoms. The van der Waals surface area contributed by atoms with Gasteiger partial charge in [0.15, 0.2) is 0 Å². The lowest BCUT2D eigenvalue weighted by atomic mass is 9.50. The molecule has 0 amide bonds. The van der Waals surface area contributed by atoms with Gasteiger partial charge in [-0.1, -0.05) is 32.4 Å². The van der Waals surface area contributed by atoms with Crippen molar-refractivity contribution in [3.63, 3.8) is 0 Å². The van der Waals surface area contributed by atoms with Crippen LogP contribution in [0.15, 0.2) is 11.6 Å². The Balaban J connectivity index is 1.87. The lowest BCUT2D eigenvalue weighted by molar-refractivity contribution is -0.0532. The lowest BCUT2D eigenvalue weighted by Gasteiger charge is -2.54. The van der Waals surface area contributed by atoms with Gasteiger partial charge in [-0.3, -0.25) is 0 Å². The number of hydrogen-bond donors (Lipinski definition) is 0. The van der Waals surface area contributed by atoms with E-state index >= 15 is 0 Å². The van der Waals surface area contributed by atoms with Gasteiger partial charge in [0, 0.05) is 5.41 Å². The van der Waals surface area contributed by atoms with Crippen molar-refractivity contribution in [2.75, 3.05) is 0 Å². The average molecular weight is 216 g/mol. The molecule has 2 spiro atoms. The molecule has 3 saturated carbocycles. The fraction of sp³-hybridized carbons (Fsp3) is 0.875. The van der Waals surface area contributed by atoms with Crippen LogP contribution in [0, 0.1) is 27.6 Å².